The highest BCUT2D eigenvalue weighted by atomic mass is 15.1. The van der Waals surface area contributed by atoms with Crippen molar-refractivity contribution in [1.29, 1.82) is 5.41 Å². The van der Waals surface area contributed by atoms with Crippen LogP contribution in [-0.4, -0.2) is 36.9 Å². The van der Waals surface area contributed by atoms with Gasteiger partial charge >= 0.3 is 0 Å². The molecule has 0 aromatic carbocycles. The largest absolute Gasteiger partial charge is 0.374 e. The summed E-state index contributed by atoms with van der Waals surface area (Å²) in [4.78, 5) is 2.53. The van der Waals surface area contributed by atoms with Gasteiger partial charge in [0.25, 0.3) is 0 Å². The first-order valence-corrected chi connectivity index (χ1v) is 7.30. The average molecular weight is 237 g/mol. The van der Waals surface area contributed by atoms with Gasteiger partial charge in [0, 0.05) is 18.5 Å². The first-order chi connectivity index (χ1) is 8.27. The Morgan fingerprint density at radius 1 is 1.18 bits per heavy atom. The summed E-state index contributed by atoms with van der Waals surface area (Å²) in [5.74, 6) is 1.31. The average Bonchev–Trinajstić information content (AvgIpc) is 2.53. The van der Waals surface area contributed by atoms with E-state index in [1.807, 2.05) is 0 Å². The van der Waals surface area contributed by atoms with E-state index >= 15 is 0 Å². The molecule has 0 aliphatic carbocycles. The zero-order valence-corrected chi connectivity index (χ0v) is 11.2. The Balaban J connectivity index is 1.77. The van der Waals surface area contributed by atoms with Gasteiger partial charge in [-0.2, -0.15) is 0 Å². The van der Waals surface area contributed by atoms with Gasteiger partial charge in [-0.25, -0.2) is 0 Å². The fourth-order valence-electron chi connectivity index (χ4n) is 3.22. The maximum absolute atomic E-state index is 8.03. The molecule has 0 amide bonds. The molecule has 0 radical (unpaired) electrons. The summed E-state index contributed by atoms with van der Waals surface area (Å²) in [5.41, 5.74) is 0. The van der Waals surface area contributed by atoms with E-state index in [9.17, 15) is 0 Å². The second-order valence-electron chi connectivity index (χ2n) is 5.74. The van der Waals surface area contributed by atoms with Crippen molar-refractivity contribution in [3.05, 3.63) is 0 Å². The summed E-state index contributed by atoms with van der Waals surface area (Å²) < 4.78 is 0. The zero-order chi connectivity index (χ0) is 12.1. The van der Waals surface area contributed by atoms with Gasteiger partial charge in [-0.15, -0.1) is 0 Å². The van der Waals surface area contributed by atoms with E-state index in [0.717, 1.165) is 18.4 Å². The molecule has 3 heteroatoms. The Morgan fingerprint density at radius 3 is 2.82 bits per heavy atom. The SMILES string of the molecule is CN1CCCCC1CCC1CCCCNC1=N. The summed E-state index contributed by atoms with van der Waals surface area (Å²) in [7, 11) is 2.26. The van der Waals surface area contributed by atoms with E-state index in [0.29, 0.717) is 5.92 Å². The van der Waals surface area contributed by atoms with Crippen LogP contribution in [0.1, 0.15) is 51.4 Å². The van der Waals surface area contributed by atoms with E-state index in [2.05, 4.69) is 17.3 Å². The Hall–Kier alpha value is -0.570. The summed E-state index contributed by atoms with van der Waals surface area (Å²) in [5, 5.41) is 11.3. The predicted octanol–water partition coefficient (Wildman–Crippen LogP) is 2.62. The summed E-state index contributed by atoms with van der Waals surface area (Å²) in [6.45, 7) is 2.28. The molecule has 2 saturated heterocycles. The molecule has 2 aliphatic rings. The molecule has 0 spiro atoms. The molecule has 2 rings (SSSR count). The molecule has 2 aliphatic heterocycles. The van der Waals surface area contributed by atoms with Crippen molar-refractivity contribution in [2.45, 2.75) is 57.4 Å². The minimum absolute atomic E-state index is 0.507. The van der Waals surface area contributed by atoms with Gasteiger partial charge in [0.2, 0.25) is 0 Å². The number of nitrogens with zero attached hydrogens (tertiary/aromatic N) is 1. The molecule has 3 nitrogen and oxygen atoms in total. The molecular formula is C14H27N3. The van der Waals surface area contributed by atoms with Gasteiger partial charge in [-0.1, -0.05) is 12.8 Å². The lowest BCUT2D eigenvalue weighted by molar-refractivity contribution is 0.170. The van der Waals surface area contributed by atoms with Crippen molar-refractivity contribution in [2.75, 3.05) is 20.1 Å². The van der Waals surface area contributed by atoms with Crippen molar-refractivity contribution >= 4 is 5.84 Å². The van der Waals surface area contributed by atoms with E-state index in [1.165, 1.54) is 57.9 Å². The molecule has 2 atom stereocenters. The molecule has 0 bridgehead atoms. The number of hydrogen-bond acceptors (Lipinski definition) is 2. The van der Waals surface area contributed by atoms with Crippen LogP contribution in [0.4, 0.5) is 0 Å². The maximum atomic E-state index is 8.03. The number of nitrogens with one attached hydrogen (secondary N) is 2. The van der Waals surface area contributed by atoms with Crippen LogP contribution in [0.2, 0.25) is 0 Å². The van der Waals surface area contributed by atoms with E-state index in [4.69, 9.17) is 5.41 Å². The predicted molar refractivity (Wildman–Crippen MR) is 72.6 cm³/mol. The summed E-state index contributed by atoms with van der Waals surface area (Å²) in [6, 6.07) is 0.778. The van der Waals surface area contributed by atoms with Crippen LogP contribution < -0.4 is 5.32 Å². The van der Waals surface area contributed by atoms with Crippen LogP contribution in [-0.2, 0) is 0 Å². The first kappa shape index (κ1) is 12.9. The highest BCUT2D eigenvalue weighted by Gasteiger charge is 2.22. The van der Waals surface area contributed by atoms with Crippen LogP contribution in [0.5, 0.6) is 0 Å². The van der Waals surface area contributed by atoms with Crippen LogP contribution >= 0.6 is 0 Å². The molecular weight excluding hydrogens is 210 g/mol. The van der Waals surface area contributed by atoms with Gasteiger partial charge in [0.1, 0.15) is 0 Å². The molecule has 0 aromatic rings. The Morgan fingerprint density at radius 2 is 2.00 bits per heavy atom. The smallest absolute Gasteiger partial charge is 0.0963 e. The third kappa shape index (κ3) is 3.70. The fourth-order valence-corrected chi connectivity index (χ4v) is 3.22. The number of piperidine rings is 1. The number of likely N-dealkylation sites (tertiary alicyclic amines) is 1. The van der Waals surface area contributed by atoms with E-state index in [1.54, 1.807) is 0 Å². The topological polar surface area (TPSA) is 39.1 Å². The fraction of sp³-hybridized carbons (Fsp3) is 0.929. The summed E-state index contributed by atoms with van der Waals surface area (Å²) >= 11 is 0. The van der Waals surface area contributed by atoms with Crippen LogP contribution in [0.25, 0.3) is 0 Å². The van der Waals surface area contributed by atoms with Crippen LogP contribution in [0.3, 0.4) is 0 Å². The lowest BCUT2D eigenvalue weighted by Crippen LogP contribution is -2.37. The van der Waals surface area contributed by atoms with Gasteiger partial charge in [0.15, 0.2) is 0 Å². The molecule has 17 heavy (non-hydrogen) atoms. The minimum atomic E-state index is 0.507. The highest BCUT2D eigenvalue weighted by Crippen LogP contribution is 2.24. The minimum Gasteiger partial charge on any atom is -0.374 e. The van der Waals surface area contributed by atoms with Crippen molar-refractivity contribution < 1.29 is 0 Å². The van der Waals surface area contributed by atoms with E-state index in [-0.39, 0.29) is 0 Å². The zero-order valence-electron chi connectivity index (χ0n) is 11.2. The van der Waals surface area contributed by atoms with Crippen molar-refractivity contribution in [3.8, 4) is 0 Å². The molecule has 2 fully saturated rings. The summed E-state index contributed by atoms with van der Waals surface area (Å²) in [6.07, 6.45) is 10.4. The molecule has 0 aromatic heterocycles. The molecule has 0 saturated carbocycles. The number of hydrogen-bond donors (Lipinski definition) is 2. The standard InChI is InChI=1S/C14H27N3/c1-17-11-5-3-7-13(17)9-8-12-6-2-4-10-16-14(12)15/h12-13H,2-11H2,1H3,(H2,15,16). The van der Waals surface area contributed by atoms with Crippen LogP contribution in [0, 0.1) is 11.3 Å². The second-order valence-corrected chi connectivity index (χ2v) is 5.74. The molecule has 2 unspecified atom stereocenters. The Labute approximate surface area is 105 Å². The van der Waals surface area contributed by atoms with Gasteiger partial charge in [0.05, 0.1) is 5.84 Å². The monoisotopic (exact) mass is 237 g/mol. The van der Waals surface area contributed by atoms with Gasteiger partial charge in [-0.3, -0.25) is 5.41 Å². The number of rotatable bonds is 3. The maximum Gasteiger partial charge on any atom is 0.0963 e. The molecule has 98 valence electrons. The third-order valence-electron chi connectivity index (χ3n) is 4.47. The van der Waals surface area contributed by atoms with Crippen LogP contribution in [0.15, 0.2) is 0 Å². The lowest BCUT2D eigenvalue weighted by Gasteiger charge is -2.33. The van der Waals surface area contributed by atoms with Crippen molar-refractivity contribution in [2.24, 2.45) is 5.92 Å². The molecule has 2 N–H and O–H groups in total. The van der Waals surface area contributed by atoms with Gasteiger partial charge < -0.3 is 10.2 Å². The quantitative estimate of drug-likeness (QED) is 0.792. The first-order valence-electron chi connectivity index (χ1n) is 7.30. The van der Waals surface area contributed by atoms with Gasteiger partial charge in [-0.05, 0) is 52.1 Å². The van der Waals surface area contributed by atoms with Crippen molar-refractivity contribution in [1.82, 2.24) is 10.2 Å². The van der Waals surface area contributed by atoms with E-state index < -0.39 is 0 Å². The third-order valence-corrected chi connectivity index (χ3v) is 4.47. The number of amidine groups is 1. The highest BCUT2D eigenvalue weighted by molar-refractivity contribution is 5.81. The normalized spacial score (nSPS) is 31.9. The Kier molecular flexibility index (Phi) is 4.84. The second kappa shape index (κ2) is 6.39. The molecule has 2 heterocycles. The van der Waals surface area contributed by atoms with Crippen molar-refractivity contribution in [3.63, 3.8) is 0 Å². The Bertz CT molecular complexity index is 252. The lowest BCUT2D eigenvalue weighted by atomic mass is 9.91.